The zero-order chi connectivity index (χ0) is 10.6. The summed E-state index contributed by atoms with van der Waals surface area (Å²) in [5, 5.41) is 3.13. The van der Waals surface area contributed by atoms with E-state index >= 15 is 0 Å². The van der Waals surface area contributed by atoms with Gasteiger partial charge in [0.2, 0.25) is 5.91 Å². The Hall–Kier alpha value is -0.530. The van der Waals surface area contributed by atoms with E-state index in [1.807, 2.05) is 0 Å². The molecule has 0 saturated carbocycles. The highest BCUT2D eigenvalue weighted by molar-refractivity contribution is 5.79. The fraction of sp³-hybridized carbons (Fsp3) is 0.917. The first-order valence-electron chi connectivity index (χ1n) is 5.98. The van der Waals surface area contributed by atoms with Gasteiger partial charge >= 0.3 is 0 Å². The minimum Gasteiger partial charge on any atom is -0.353 e. The Labute approximate surface area is 87.5 Å². The van der Waals surface area contributed by atoms with Crippen LogP contribution < -0.4 is 5.32 Å². The van der Waals surface area contributed by atoms with Crippen LogP contribution >= 0.6 is 0 Å². The van der Waals surface area contributed by atoms with Crippen LogP contribution in [-0.2, 0) is 4.79 Å². The highest BCUT2D eigenvalue weighted by Gasteiger charge is 2.44. The van der Waals surface area contributed by atoms with Crippen LogP contribution in [0, 0.1) is 5.41 Å². The van der Waals surface area contributed by atoms with Crippen molar-refractivity contribution in [2.75, 3.05) is 0 Å². The molecule has 0 aromatic rings. The molecule has 0 aromatic heterocycles. The zero-order valence-corrected chi connectivity index (χ0v) is 9.73. The van der Waals surface area contributed by atoms with Crippen molar-refractivity contribution >= 4 is 5.91 Å². The molecule has 0 bridgehead atoms. The van der Waals surface area contributed by atoms with Crippen molar-refractivity contribution in [1.82, 2.24) is 5.32 Å². The second-order valence-electron chi connectivity index (χ2n) is 4.57. The van der Waals surface area contributed by atoms with E-state index in [0.29, 0.717) is 6.04 Å². The fourth-order valence-corrected chi connectivity index (χ4v) is 3.02. The Balaban J connectivity index is 2.77. The van der Waals surface area contributed by atoms with Crippen molar-refractivity contribution in [3.63, 3.8) is 0 Å². The molecule has 1 unspecified atom stereocenters. The van der Waals surface area contributed by atoms with Crippen LogP contribution in [0.3, 0.4) is 0 Å². The molecule has 82 valence electrons. The lowest BCUT2D eigenvalue weighted by Gasteiger charge is -2.33. The maximum absolute atomic E-state index is 11.5. The number of hydrogen-bond donors (Lipinski definition) is 1. The second kappa shape index (κ2) is 4.81. The summed E-state index contributed by atoms with van der Waals surface area (Å²) in [5.74, 6) is 0.263. The molecule has 1 heterocycles. The normalized spacial score (nSPS) is 25.1. The molecule has 0 radical (unpaired) electrons. The summed E-state index contributed by atoms with van der Waals surface area (Å²) in [6, 6.07) is 0.426. The van der Waals surface area contributed by atoms with E-state index < -0.39 is 0 Å². The van der Waals surface area contributed by atoms with Gasteiger partial charge in [-0.2, -0.15) is 0 Å². The van der Waals surface area contributed by atoms with Gasteiger partial charge in [-0.15, -0.1) is 0 Å². The molecule has 1 aliphatic heterocycles. The highest BCUT2D eigenvalue weighted by Crippen LogP contribution is 2.42. The number of carbonyl (C=O) groups excluding carboxylic acids is 1. The van der Waals surface area contributed by atoms with Gasteiger partial charge < -0.3 is 5.32 Å². The Morgan fingerprint density at radius 1 is 1.29 bits per heavy atom. The van der Waals surface area contributed by atoms with Crippen LogP contribution in [0.5, 0.6) is 0 Å². The standard InChI is InChI=1S/C12H23NO/c1-4-7-12(8-5-2)9-11(14)13-10(12)6-3/h10H,4-9H2,1-3H3,(H,13,14). The smallest absolute Gasteiger partial charge is 0.220 e. The third-order valence-corrected chi connectivity index (χ3v) is 3.49. The van der Waals surface area contributed by atoms with Crippen molar-refractivity contribution in [3.05, 3.63) is 0 Å². The molecule has 1 saturated heterocycles. The van der Waals surface area contributed by atoms with Gasteiger partial charge in [-0.25, -0.2) is 0 Å². The van der Waals surface area contributed by atoms with Crippen molar-refractivity contribution in [3.8, 4) is 0 Å². The molecule has 0 spiro atoms. The molecule has 1 fully saturated rings. The molecule has 1 rings (SSSR count). The zero-order valence-electron chi connectivity index (χ0n) is 9.73. The van der Waals surface area contributed by atoms with Gasteiger partial charge in [0.05, 0.1) is 0 Å². The van der Waals surface area contributed by atoms with E-state index in [1.54, 1.807) is 0 Å². The summed E-state index contributed by atoms with van der Waals surface area (Å²) in [6.45, 7) is 6.61. The minimum atomic E-state index is 0.263. The Morgan fingerprint density at radius 2 is 1.86 bits per heavy atom. The maximum atomic E-state index is 11.5. The number of rotatable bonds is 5. The van der Waals surface area contributed by atoms with Gasteiger partial charge in [0.25, 0.3) is 0 Å². The van der Waals surface area contributed by atoms with Crippen molar-refractivity contribution in [2.24, 2.45) is 5.41 Å². The van der Waals surface area contributed by atoms with E-state index in [-0.39, 0.29) is 11.3 Å². The lowest BCUT2D eigenvalue weighted by Crippen LogP contribution is -2.36. The average Bonchev–Trinajstić information content (AvgIpc) is 2.43. The molecular formula is C12H23NO. The Bertz CT molecular complexity index is 194. The van der Waals surface area contributed by atoms with Crippen LogP contribution in [-0.4, -0.2) is 11.9 Å². The van der Waals surface area contributed by atoms with Crippen molar-refractivity contribution < 1.29 is 4.79 Å². The summed E-state index contributed by atoms with van der Waals surface area (Å²) in [7, 11) is 0. The molecule has 1 atom stereocenters. The monoisotopic (exact) mass is 197 g/mol. The lowest BCUT2D eigenvalue weighted by atomic mass is 9.72. The maximum Gasteiger partial charge on any atom is 0.220 e. The Kier molecular flexibility index (Phi) is 3.97. The van der Waals surface area contributed by atoms with Crippen LogP contribution in [0.1, 0.15) is 59.3 Å². The van der Waals surface area contributed by atoms with Gasteiger partial charge in [-0.3, -0.25) is 4.79 Å². The van der Waals surface area contributed by atoms with Gasteiger partial charge in [0, 0.05) is 12.5 Å². The first-order chi connectivity index (χ1) is 6.68. The summed E-state index contributed by atoms with van der Waals surface area (Å²) in [5.41, 5.74) is 0.273. The van der Waals surface area contributed by atoms with E-state index in [9.17, 15) is 4.79 Å². The molecule has 1 N–H and O–H groups in total. The predicted octanol–water partition coefficient (Wildman–Crippen LogP) is 2.87. The second-order valence-corrected chi connectivity index (χ2v) is 4.57. The van der Waals surface area contributed by atoms with Crippen LogP contribution in [0.2, 0.25) is 0 Å². The molecule has 1 amide bonds. The summed E-state index contributed by atoms with van der Waals surface area (Å²) in [4.78, 5) is 11.5. The van der Waals surface area contributed by atoms with Gasteiger partial charge in [-0.05, 0) is 24.7 Å². The van der Waals surface area contributed by atoms with Crippen molar-refractivity contribution in [2.45, 2.75) is 65.3 Å². The fourth-order valence-electron chi connectivity index (χ4n) is 3.02. The largest absolute Gasteiger partial charge is 0.353 e. The number of nitrogens with one attached hydrogen (secondary N) is 1. The topological polar surface area (TPSA) is 29.1 Å². The van der Waals surface area contributed by atoms with Crippen molar-refractivity contribution in [1.29, 1.82) is 0 Å². The minimum absolute atomic E-state index is 0.263. The van der Waals surface area contributed by atoms with Gasteiger partial charge in [0.15, 0.2) is 0 Å². The summed E-state index contributed by atoms with van der Waals surface area (Å²) >= 11 is 0. The molecule has 2 heteroatoms. The van der Waals surface area contributed by atoms with E-state index in [0.717, 1.165) is 12.8 Å². The molecule has 2 nitrogen and oxygen atoms in total. The van der Waals surface area contributed by atoms with Gasteiger partial charge in [0.1, 0.15) is 0 Å². The van der Waals surface area contributed by atoms with E-state index in [2.05, 4.69) is 26.1 Å². The highest BCUT2D eigenvalue weighted by atomic mass is 16.2. The van der Waals surface area contributed by atoms with Crippen LogP contribution in [0.4, 0.5) is 0 Å². The van der Waals surface area contributed by atoms with E-state index in [1.165, 1.54) is 25.7 Å². The number of amides is 1. The molecule has 1 aliphatic rings. The molecule has 0 aromatic carbocycles. The predicted molar refractivity (Wildman–Crippen MR) is 59.1 cm³/mol. The first kappa shape index (κ1) is 11.5. The first-order valence-corrected chi connectivity index (χ1v) is 5.98. The molecule has 14 heavy (non-hydrogen) atoms. The SMILES string of the molecule is CCCC1(CCC)CC(=O)NC1CC. The quantitative estimate of drug-likeness (QED) is 0.721. The summed E-state index contributed by atoms with van der Waals surface area (Å²) in [6.07, 6.45) is 6.59. The summed E-state index contributed by atoms with van der Waals surface area (Å²) < 4.78 is 0. The lowest BCUT2D eigenvalue weighted by molar-refractivity contribution is -0.119. The van der Waals surface area contributed by atoms with Gasteiger partial charge in [-0.1, -0.05) is 33.6 Å². The third kappa shape index (κ3) is 2.10. The van der Waals surface area contributed by atoms with Crippen LogP contribution in [0.25, 0.3) is 0 Å². The average molecular weight is 197 g/mol. The van der Waals surface area contributed by atoms with Crippen LogP contribution in [0.15, 0.2) is 0 Å². The Morgan fingerprint density at radius 3 is 2.29 bits per heavy atom. The van der Waals surface area contributed by atoms with E-state index in [4.69, 9.17) is 0 Å². The molecular weight excluding hydrogens is 174 g/mol. The number of hydrogen-bond acceptors (Lipinski definition) is 1. The number of carbonyl (C=O) groups is 1. The third-order valence-electron chi connectivity index (χ3n) is 3.49. The molecule has 0 aliphatic carbocycles.